The average Bonchev–Trinajstić information content (AvgIpc) is 2.52. The zero-order valence-corrected chi connectivity index (χ0v) is 7.20. The molecule has 11 heavy (non-hydrogen) atoms. The Labute approximate surface area is 69.5 Å². The van der Waals surface area contributed by atoms with Crippen molar-refractivity contribution < 1.29 is 4.39 Å². The van der Waals surface area contributed by atoms with Gasteiger partial charge in [-0.25, -0.2) is 4.39 Å². The molecule has 1 atom stereocenters. The number of aromatic nitrogens is 1. The van der Waals surface area contributed by atoms with Crippen molar-refractivity contribution in [2.24, 2.45) is 0 Å². The fraction of sp³-hybridized carbons (Fsp3) is 0.571. The lowest BCUT2D eigenvalue weighted by atomic mass is 10.3. The highest BCUT2D eigenvalue weighted by Crippen LogP contribution is 2.15. The molecule has 0 aliphatic heterocycles. The normalized spacial score (nSPS) is 13.3. The molecule has 0 saturated carbocycles. The van der Waals surface area contributed by atoms with E-state index in [0.717, 1.165) is 4.88 Å². The van der Waals surface area contributed by atoms with E-state index in [2.05, 4.69) is 10.3 Å². The van der Waals surface area contributed by atoms with Crippen molar-refractivity contribution in [1.29, 1.82) is 0 Å². The quantitative estimate of drug-likeness (QED) is 0.752. The first kappa shape index (κ1) is 8.62. The van der Waals surface area contributed by atoms with Crippen molar-refractivity contribution >= 4 is 11.3 Å². The van der Waals surface area contributed by atoms with Crippen molar-refractivity contribution in [3.8, 4) is 0 Å². The summed E-state index contributed by atoms with van der Waals surface area (Å²) in [7, 11) is 0. The SMILES string of the molecule is CC(NCCF)c1cncs1. The number of nitrogens with one attached hydrogen (secondary N) is 1. The fourth-order valence-electron chi connectivity index (χ4n) is 0.811. The topological polar surface area (TPSA) is 24.9 Å². The summed E-state index contributed by atoms with van der Waals surface area (Å²) < 4.78 is 11.7. The highest BCUT2D eigenvalue weighted by molar-refractivity contribution is 7.09. The lowest BCUT2D eigenvalue weighted by Crippen LogP contribution is -2.20. The summed E-state index contributed by atoms with van der Waals surface area (Å²) in [6, 6.07) is 0.221. The summed E-state index contributed by atoms with van der Waals surface area (Å²) in [6.45, 7) is 2.10. The van der Waals surface area contributed by atoms with Gasteiger partial charge in [0, 0.05) is 23.7 Å². The maximum Gasteiger partial charge on any atom is 0.102 e. The molecule has 1 N–H and O–H groups in total. The van der Waals surface area contributed by atoms with Crippen molar-refractivity contribution in [3.05, 3.63) is 16.6 Å². The van der Waals surface area contributed by atoms with Crippen LogP contribution in [0.3, 0.4) is 0 Å². The van der Waals surface area contributed by atoms with E-state index < -0.39 is 0 Å². The van der Waals surface area contributed by atoms with Crippen LogP contribution in [0.2, 0.25) is 0 Å². The first-order chi connectivity index (χ1) is 5.34. The van der Waals surface area contributed by atoms with Crippen LogP contribution in [0.5, 0.6) is 0 Å². The minimum Gasteiger partial charge on any atom is -0.307 e. The minimum absolute atomic E-state index is 0.221. The van der Waals surface area contributed by atoms with Gasteiger partial charge in [0.1, 0.15) is 6.67 Å². The zero-order valence-electron chi connectivity index (χ0n) is 6.38. The van der Waals surface area contributed by atoms with Gasteiger partial charge in [0.15, 0.2) is 0 Å². The number of halogens is 1. The maximum absolute atomic E-state index is 11.7. The van der Waals surface area contributed by atoms with Crippen LogP contribution in [0.1, 0.15) is 17.8 Å². The van der Waals surface area contributed by atoms with Crippen LogP contribution in [0.15, 0.2) is 11.7 Å². The molecule has 0 amide bonds. The predicted molar refractivity (Wildman–Crippen MR) is 44.5 cm³/mol. The third-order valence-corrected chi connectivity index (χ3v) is 2.38. The molecule has 0 bridgehead atoms. The average molecular weight is 174 g/mol. The first-order valence-electron chi connectivity index (χ1n) is 3.52. The van der Waals surface area contributed by atoms with Crippen LogP contribution in [0.25, 0.3) is 0 Å². The zero-order chi connectivity index (χ0) is 8.10. The van der Waals surface area contributed by atoms with Gasteiger partial charge in [-0.05, 0) is 6.92 Å². The van der Waals surface area contributed by atoms with E-state index in [4.69, 9.17) is 0 Å². The molecular weight excluding hydrogens is 163 g/mol. The van der Waals surface area contributed by atoms with Gasteiger partial charge in [-0.15, -0.1) is 11.3 Å². The van der Waals surface area contributed by atoms with Crippen molar-refractivity contribution in [2.45, 2.75) is 13.0 Å². The molecule has 0 saturated heterocycles. The third-order valence-electron chi connectivity index (χ3n) is 1.42. The minimum atomic E-state index is -0.316. The summed E-state index contributed by atoms with van der Waals surface area (Å²) in [6.07, 6.45) is 1.81. The van der Waals surface area contributed by atoms with Gasteiger partial charge in [-0.3, -0.25) is 4.98 Å². The van der Waals surface area contributed by atoms with Gasteiger partial charge < -0.3 is 5.32 Å². The highest BCUT2D eigenvalue weighted by Gasteiger charge is 2.04. The van der Waals surface area contributed by atoms with E-state index in [1.165, 1.54) is 0 Å². The Bertz CT molecular complexity index is 188. The van der Waals surface area contributed by atoms with E-state index in [1.54, 1.807) is 23.0 Å². The molecule has 0 radical (unpaired) electrons. The molecule has 2 nitrogen and oxygen atoms in total. The van der Waals surface area contributed by atoms with Gasteiger partial charge >= 0.3 is 0 Å². The molecule has 0 spiro atoms. The summed E-state index contributed by atoms with van der Waals surface area (Å²) in [5.74, 6) is 0. The largest absolute Gasteiger partial charge is 0.307 e. The van der Waals surface area contributed by atoms with E-state index in [-0.39, 0.29) is 12.7 Å². The standard InChI is InChI=1S/C7H11FN2S/c1-6(10-3-2-8)7-4-9-5-11-7/h4-6,10H,2-3H2,1H3. The second kappa shape index (κ2) is 4.41. The molecule has 0 aromatic carbocycles. The van der Waals surface area contributed by atoms with Crippen molar-refractivity contribution in [1.82, 2.24) is 10.3 Å². The molecule has 1 rings (SSSR count). The number of hydrogen-bond donors (Lipinski definition) is 1. The van der Waals surface area contributed by atoms with Crippen molar-refractivity contribution in [3.63, 3.8) is 0 Å². The number of thiazole rings is 1. The Morgan fingerprint density at radius 3 is 3.18 bits per heavy atom. The van der Waals surface area contributed by atoms with E-state index in [9.17, 15) is 4.39 Å². The van der Waals surface area contributed by atoms with Gasteiger partial charge in [-0.1, -0.05) is 0 Å². The van der Waals surface area contributed by atoms with Crippen LogP contribution < -0.4 is 5.32 Å². The summed E-state index contributed by atoms with van der Waals surface area (Å²) in [5, 5.41) is 3.03. The molecule has 0 aliphatic rings. The van der Waals surface area contributed by atoms with Crippen LogP contribution >= 0.6 is 11.3 Å². The van der Waals surface area contributed by atoms with E-state index in [1.807, 2.05) is 6.92 Å². The van der Waals surface area contributed by atoms with Crippen LogP contribution in [0.4, 0.5) is 4.39 Å². The maximum atomic E-state index is 11.7. The molecule has 1 unspecified atom stereocenters. The first-order valence-corrected chi connectivity index (χ1v) is 4.40. The Morgan fingerprint density at radius 2 is 2.64 bits per heavy atom. The molecular formula is C7H11FN2S. The lowest BCUT2D eigenvalue weighted by Gasteiger charge is -2.08. The van der Waals surface area contributed by atoms with Gasteiger partial charge in [-0.2, -0.15) is 0 Å². The third kappa shape index (κ3) is 2.55. The molecule has 0 aliphatic carbocycles. The number of hydrogen-bond acceptors (Lipinski definition) is 3. The van der Waals surface area contributed by atoms with Gasteiger partial charge in [0.05, 0.1) is 5.51 Å². The highest BCUT2D eigenvalue weighted by atomic mass is 32.1. The Balaban J connectivity index is 2.36. The van der Waals surface area contributed by atoms with Gasteiger partial charge in [0.25, 0.3) is 0 Å². The lowest BCUT2D eigenvalue weighted by molar-refractivity contribution is 0.446. The van der Waals surface area contributed by atoms with E-state index >= 15 is 0 Å². The van der Waals surface area contributed by atoms with E-state index in [0.29, 0.717) is 6.54 Å². The number of alkyl halides is 1. The monoisotopic (exact) mass is 174 g/mol. The van der Waals surface area contributed by atoms with Crippen molar-refractivity contribution in [2.75, 3.05) is 13.2 Å². The molecule has 62 valence electrons. The van der Waals surface area contributed by atoms with Crippen LogP contribution in [-0.4, -0.2) is 18.2 Å². The van der Waals surface area contributed by atoms with Crippen LogP contribution in [-0.2, 0) is 0 Å². The smallest absolute Gasteiger partial charge is 0.102 e. The second-order valence-corrected chi connectivity index (χ2v) is 3.19. The second-order valence-electron chi connectivity index (χ2n) is 2.27. The Kier molecular flexibility index (Phi) is 3.45. The summed E-state index contributed by atoms with van der Waals surface area (Å²) in [5.41, 5.74) is 1.78. The Hall–Kier alpha value is -0.480. The van der Waals surface area contributed by atoms with Crippen LogP contribution in [0, 0.1) is 0 Å². The number of nitrogens with zero attached hydrogens (tertiary/aromatic N) is 1. The summed E-state index contributed by atoms with van der Waals surface area (Å²) in [4.78, 5) is 5.09. The molecule has 1 heterocycles. The Morgan fingerprint density at radius 1 is 1.82 bits per heavy atom. The van der Waals surface area contributed by atoms with Gasteiger partial charge in [0.2, 0.25) is 0 Å². The summed E-state index contributed by atoms with van der Waals surface area (Å²) >= 11 is 1.59. The fourth-order valence-corrected chi connectivity index (χ4v) is 1.46. The number of rotatable bonds is 4. The molecule has 4 heteroatoms. The predicted octanol–water partition coefficient (Wildman–Crippen LogP) is 1.76. The molecule has 1 aromatic heterocycles. The molecule has 1 aromatic rings. The molecule has 0 fully saturated rings.